The van der Waals surface area contributed by atoms with Gasteiger partial charge in [-0.1, -0.05) is 155 Å². The summed E-state index contributed by atoms with van der Waals surface area (Å²) < 4.78 is 23.1. The fourth-order valence-corrected chi connectivity index (χ4v) is 6.05. The predicted octanol–water partition coefficient (Wildman–Crippen LogP) is 12.1. The third kappa shape index (κ3) is 42.8. The van der Waals surface area contributed by atoms with Gasteiger partial charge in [-0.2, -0.15) is 0 Å². The molecular weight excluding hydrogens is 756 g/mol. The SMILES string of the molecule is CC/C=C\C/C=C\C/C=C\C/C=C\C/C=C\C/C=C\C/C=C\CCCCCC(=O)NC(COP(=O)([O-])OCC[N+](C)(C)C)C(O)/C=C/CC/C=C/CC/C=C/CCCC. The van der Waals surface area contributed by atoms with Crippen molar-refractivity contribution in [2.45, 2.75) is 148 Å². The Labute approximate surface area is 361 Å². The quantitative estimate of drug-likeness (QED) is 0.0277. The van der Waals surface area contributed by atoms with E-state index in [1.807, 2.05) is 27.2 Å². The summed E-state index contributed by atoms with van der Waals surface area (Å²) in [5.41, 5.74) is 0. The molecule has 0 heterocycles. The van der Waals surface area contributed by atoms with Gasteiger partial charge in [0.25, 0.3) is 7.82 Å². The number of phosphoric ester groups is 1. The lowest BCUT2D eigenvalue weighted by Crippen LogP contribution is -2.45. The Bertz CT molecular complexity index is 1370. The van der Waals surface area contributed by atoms with Crippen LogP contribution in [0.4, 0.5) is 0 Å². The molecule has 334 valence electrons. The van der Waals surface area contributed by atoms with E-state index >= 15 is 0 Å². The first-order valence-corrected chi connectivity index (χ1v) is 23.9. The number of allylic oxidation sites excluding steroid dienone is 19. The van der Waals surface area contributed by atoms with Gasteiger partial charge >= 0.3 is 0 Å². The van der Waals surface area contributed by atoms with Crippen LogP contribution in [0, 0.1) is 0 Å². The lowest BCUT2D eigenvalue weighted by Gasteiger charge is -2.29. The zero-order valence-corrected chi connectivity index (χ0v) is 38.5. The van der Waals surface area contributed by atoms with Crippen LogP contribution in [-0.4, -0.2) is 68.5 Å². The molecule has 3 atom stereocenters. The van der Waals surface area contributed by atoms with Gasteiger partial charge in [-0.25, -0.2) is 0 Å². The molecule has 0 aliphatic rings. The Morgan fingerprint density at radius 1 is 0.610 bits per heavy atom. The number of phosphoric acid groups is 1. The van der Waals surface area contributed by atoms with Gasteiger partial charge < -0.3 is 28.8 Å². The molecule has 0 fully saturated rings. The summed E-state index contributed by atoms with van der Waals surface area (Å²) in [4.78, 5) is 25.3. The van der Waals surface area contributed by atoms with Gasteiger partial charge in [-0.3, -0.25) is 9.36 Å². The highest BCUT2D eigenvalue weighted by Gasteiger charge is 2.23. The number of hydrogen-bond donors (Lipinski definition) is 2. The number of nitrogens with zero attached hydrogens (tertiary/aromatic N) is 1. The highest BCUT2D eigenvalue weighted by Crippen LogP contribution is 2.38. The fraction of sp³-hybridized carbons (Fsp3) is 0.580. The third-order valence-electron chi connectivity index (χ3n) is 8.88. The van der Waals surface area contributed by atoms with Gasteiger partial charge in [0.15, 0.2) is 0 Å². The maximum Gasteiger partial charge on any atom is 0.268 e. The number of unbranched alkanes of at least 4 members (excludes halogenated alkanes) is 7. The second-order valence-corrected chi connectivity index (χ2v) is 17.1. The van der Waals surface area contributed by atoms with Gasteiger partial charge in [-0.15, -0.1) is 0 Å². The minimum atomic E-state index is -4.62. The second-order valence-electron chi connectivity index (χ2n) is 15.6. The van der Waals surface area contributed by atoms with E-state index < -0.39 is 26.6 Å². The summed E-state index contributed by atoms with van der Waals surface area (Å²) in [7, 11) is 1.18. The van der Waals surface area contributed by atoms with Crippen LogP contribution in [0.25, 0.3) is 0 Å². The van der Waals surface area contributed by atoms with Crippen molar-refractivity contribution >= 4 is 13.7 Å². The molecule has 0 bridgehead atoms. The van der Waals surface area contributed by atoms with Crippen LogP contribution in [0.15, 0.2) is 122 Å². The molecule has 0 radical (unpaired) electrons. The van der Waals surface area contributed by atoms with Crippen molar-refractivity contribution in [3.05, 3.63) is 122 Å². The molecule has 0 aromatic carbocycles. The molecule has 0 spiro atoms. The first-order chi connectivity index (χ1) is 28.5. The molecule has 59 heavy (non-hydrogen) atoms. The van der Waals surface area contributed by atoms with Gasteiger partial charge in [0.05, 0.1) is 39.9 Å². The standard InChI is InChI=1S/C50H83N2O6P/c1-6-8-10-12-14-16-18-20-21-22-23-24-25-26-27-28-29-30-31-32-34-36-38-40-42-44-50(54)51-48(47-58-59(55,56)57-46-45-52(3,4)5)49(53)43-41-39-37-35-33-19-17-15-13-11-9-7-2/h8,10,13-16,20-21,23-24,26-27,29-30,32-35,41,43,48-49,53H,6-7,9,11-12,17-19,22,25,28,31,36-40,42,44-47H2,1-5H3,(H-,51,54,55,56)/b10-8-,15-13+,16-14-,21-20-,24-23-,27-26-,30-29-,34-32-,35-33+,43-41+. The van der Waals surface area contributed by atoms with E-state index in [0.717, 1.165) is 89.9 Å². The van der Waals surface area contributed by atoms with Crippen LogP contribution < -0.4 is 10.2 Å². The van der Waals surface area contributed by atoms with E-state index in [9.17, 15) is 19.4 Å². The van der Waals surface area contributed by atoms with Crippen LogP contribution >= 0.6 is 7.82 Å². The van der Waals surface area contributed by atoms with Crippen LogP contribution in [0.3, 0.4) is 0 Å². The number of quaternary nitrogens is 1. The lowest BCUT2D eigenvalue weighted by molar-refractivity contribution is -0.870. The largest absolute Gasteiger partial charge is 0.756 e. The van der Waals surface area contributed by atoms with E-state index in [1.165, 1.54) is 12.8 Å². The molecule has 2 N–H and O–H groups in total. The van der Waals surface area contributed by atoms with Crippen LogP contribution in [-0.2, 0) is 18.4 Å². The van der Waals surface area contributed by atoms with Crippen LogP contribution in [0.2, 0.25) is 0 Å². The zero-order valence-electron chi connectivity index (χ0n) is 37.6. The summed E-state index contributed by atoms with van der Waals surface area (Å²) >= 11 is 0. The number of likely N-dealkylation sites (N-methyl/N-ethyl adjacent to an activating group) is 1. The summed E-state index contributed by atoms with van der Waals surface area (Å²) in [5.74, 6) is -0.252. The van der Waals surface area contributed by atoms with Gasteiger partial charge in [0.1, 0.15) is 13.2 Å². The van der Waals surface area contributed by atoms with Gasteiger partial charge in [0, 0.05) is 6.42 Å². The van der Waals surface area contributed by atoms with E-state index in [-0.39, 0.29) is 18.9 Å². The average Bonchev–Trinajstić information content (AvgIpc) is 3.19. The number of carbonyl (C=O) groups excluding carboxylic acids is 1. The summed E-state index contributed by atoms with van der Waals surface area (Å²) in [5, 5.41) is 13.7. The maximum absolute atomic E-state index is 12.8. The smallest absolute Gasteiger partial charge is 0.268 e. The zero-order chi connectivity index (χ0) is 43.6. The number of carbonyl (C=O) groups is 1. The van der Waals surface area contributed by atoms with Crippen molar-refractivity contribution in [1.29, 1.82) is 0 Å². The Morgan fingerprint density at radius 3 is 1.54 bits per heavy atom. The van der Waals surface area contributed by atoms with E-state index in [0.29, 0.717) is 23.9 Å². The predicted molar refractivity (Wildman–Crippen MR) is 251 cm³/mol. The van der Waals surface area contributed by atoms with Crippen molar-refractivity contribution in [3.63, 3.8) is 0 Å². The van der Waals surface area contributed by atoms with E-state index in [1.54, 1.807) is 6.08 Å². The topological polar surface area (TPSA) is 108 Å². The average molecular weight is 839 g/mol. The number of amides is 1. The highest BCUT2D eigenvalue weighted by molar-refractivity contribution is 7.45. The molecule has 0 aromatic rings. The molecule has 0 aliphatic heterocycles. The first-order valence-electron chi connectivity index (χ1n) is 22.4. The van der Waals surface area contributed by atoms with Gasteiger partial charge in [0.2, 0.25) is 5.91 Å². The number of hydrogen-bond acceptors (Lipinski definition) is 6. The van der Waals surface area contributed by atoms with Crippen molar-refractivity contribution in [2.75, 3.05) is 40.9 Å². The normalized spacial score (nSPS) is 15.4. The summed E-state index contributed by atoms with van der Waals surface area (Å²) in [6.45, 7) is 4.38. The third-order valence-corrected chi connectivity index (χ3v) is 9.85. The number of rotatable bonds is 38. The molecule has 3 unspecified atom stereocenters. The Balaban J connectivity index is 4.50. The minimum Gasteiger partial charge on any atom is -0.756 e. The van der Waals surface area contributed by atoms with E-state index in [4.69, 9.17) is 9.05 Å². The Hall–Kier alpha value is -3.10. The number of aliphatic hydroxyl groups is 1. The van der Waals surface area contributed by atoms with Crippen LogP contribution in [0.5, 0.6) is 0 Å². The number of nitrogens with one attached hydrogen (secondary N) is 1. The second kappa shape index (κ2) is 40.3. The maximum atomic E-state index is 12.8. The molecule has 0 saturated carbocycles. The van der Waals surface area contributed by atoms with Crippen molar-refractivity contribution in [1.82, 2.24) is 5.32 Å². The molecule has 9 heteroatoms. The van der Waals surface area contributed by atoms with Crippen LogP contribution in [0.1, 0.15) is 136 Å². The fourth-order valence-electron chi connectivity index (χ4n) is 5.32. The molecule has 0 saturated heterocycles. The molecule has 0 rings (SSSR count). The number of aliphatic hydroxyl groups excluding tert-OH is 1. The van der Waals surface area contributed by atoms with E-state index in [2.05, 4.69) is 129 Å². The molecular formula is C50H83N2O6P. The van der Waals surface area contributed by atoms with Gasteiger partial charge in [-0.05, 0) is 96.3 Å². The first kappa shape index (κ1) is 55.9. The lowest BCUT2D eigenvalue weighted by atomic mass is 10.1. The molecule has 0 aliphatic carbocycles. The van der Waals surface area contributed by atoms with Crippen molar-refractivity contribution in [2.24, 2.45) is 0 Å². The molecule has 8 nitrogen and oxygen atoms in total. The Kier molecular flexibility index (Phi) is 38.2. The minimum absolute atomic E-state index is 0.0237. The van der Waals surface area contributed by atoms with Crippen molar-refractivity contribution < 1.29 is 32.9 Å². The highest BCUT2D eigenvalue weighted by atomic mass is 31.2. The van der Waals surface area contributed by atoms with Crippen molar-refractivity contribution in [3.8, 4) is 0 Å². The molecule has 0 aromatic heterocycles. The summed E-state index contributed by atoms with van der Waals surface area (Å²) in [6, 6.07) is -0.935. The monoisotopic (exact) mass is 839 g/mol. The summed E-state index contributed by atoms with van der Waals surface area (Å²) in [6.07, 6.45) is 59.7. The molecule has 1 amide bonds. The Morgan fingerprint density at radius 2 is 1.05 bits per heavy atom.